The average molecular weight is 297 g/mol. The number of carbonyl (C=O) groups is 1. The van der Waals surface area contributed by atoms with Crippen LogP contribution >= 0.6 is 23.5 Å². The highest BCUT2D eigenvalue weighted by Crippen LogP contribution is 2.25. The Morgan fingerprint density at radius 3 is 2.95 bits per heavy atom. The summed E-state index contributed by atoms with van der Waals surface area (Å²) >= 11 is 3.54. The van der Waals surface area contributed by atoms with Crippen molar-refractivity contribution < 1.29 is 9.53 Å². The molecule has 0 spiro atoms. The van der Waals surface area contributed by atoms with Crippen LogP contribution in [0.25, 0.3) is 0 Å². The number of benzene rings is 1. The Bertz CT molecular complexity index is 431. The summed E-state index contributed by atoms with van der Waals surface area (Å²) in [6.07, 6.45) is 0. The topological polar surface area (TPSA) is 29.5 Å². The standard InChI is InChI=1S/C14H19NO2S2/c1-15(2)12-5-3-4-11(8-12)9-17-14(16)13-10-18-6-7-19-13/h3-5,8,13H,6-7,9-10H2,1-2H3/t13-/m1/s1. The molecule has 104 valence electrons. The molecule has 5 heteroatoms. The van der Waals surface area contributed by atoms with Crippen LogP contribution in [0.1, 0.15) is 5.56 Å². The third-order valence-electron chi connectivity index (χ3n) is 2.89. The summed E-state index contributed by atoms with van der Waals surface area (Å²) in [4.78, 5) is 14.0. The van der Waals surface area contributed by atoms with Gasteiger partial charge in [0.1, 0.15) is 11.9 Å². The van der Waals surface area contributed by atoms with Crippen molar-refractivity contribution in [3.8, 4) is 0 Å². The molecule has 1 atom stereocenters. The molecule has 0 amide bonds. The van der Waals surface area contributed by atoms with Gasteiger partial charge in [0.05, 0.1) is 0 Å². The first-order valence-electron chi connectivity index (χ1n) is 6.29. The van der Waals surface area contributed by atoms with Gasteiger partial charge >= 0.3 is 5.97 Å². The molecule has 0 aliphatic carbocycles. The van der Waals surface area contributed by atoms with Crippen molar-refractivity contribution in [1.82, 2.24) is 0 Å². The van der Waals surface area contributed by atoms with Gasteiger partial charge in [-0.15, -0.1) is 11.8 Å². The zero-order valence-corrected chi connectivity index (χ0v) is 12.9. The van der Waals surface area contributed by atoms with Gasteiger partial charge in [0.2, 0.25) is 0 Å². The van der Waals surface area contributed by atoms with Gasteiger partial charge in [-0.1, -0.05) is 12.1 Å². The number of rotatable bonds is 4. The maximum atomic E-state index is 11.9. The van der Waals surface area contributed by atoms with Gasteiger partial charge in [-0.3, -0.25) is 4.79 Å². The van der Waals surface area contributed by atoms with Gasteiger partial charge in [-0.2, -0.15) is 11.8 Å². The van der Waals surface area contributed by atoms with Crippen LogP contribution < -0.4 is 4.90 Å². The van der Waals surface area contributed by atoms with Gasteiger partial charge in [-0.05, 0) is 17.7 Å². The minimum atomic E-state index is -0.0764. The smallest absolute Gasteiger partial charge is 0.320 e. The molecule has 2 rings (SSSR count). The molecule has 1 aliphatic heterocycles. The van der Waals surface area contributed by atoms with Crippen LogP contribution in [0, 0.1) is 0 Å². The van der Waals surface area contributed by atoms with Gasteiger partial charge in [0.25, 0.3) is 0 Å². The van der Waals surface area contributed by atoms with E-state index < -0.39 is 0 Å². The molecule has 1 saturated heterocycles. The van der Waals surface area contributed by atoms with Gasteiger partial charge in [0.15, 0.2) is 0 Å². The van der Waals surface area contributed by atoms with Crippen molar-refractivity contribution in [2.75, 3.05) is 36.3 Å². The number of carbonyl (C=O) groups excluding carboxylic acids is 1. The quantitative estimate of drug-likeness (QED) is 0.797. The van der Waals surface area contributed by atoms with Crippen LogP contribution in [0.4, 0.5) is 5.69 Å². The predicted molar refractivity (Wildman–Crippen MR) is 84.1 cm³/mol. The van der Waals surface area contributed by atoms with E-state index in [9.17, 15) is 4.79 Å². The zero-order valence-electron chi connectivity index (χ0n) is 11.3. The van der Waals surface area contributed by atoms with Crippen LogP contribution in [0.3, 0.4) is 0 Å². The summed E-state index contributed by atoms with van der Waals surface area (Å²) in [7, 11) is 4.00. The van der Waals surface area contributed by atoms with E-state index in [1.54, 1.807) is 11.8 Å². The highest BCUT2D eigenvalue weighted by molar-refractivity contribution is 8.07. The fourth-order valence-corrected chi connectivity index (χ4v) is 4.33. The predicted octanol–water partition coefficient (Wildman–Crippen LogP) is 2.64. The van der Waals surface area contributed by atoms with Crippen molar-refractivity contribution >= 4 is 35.2 Å². The van der Waals surface area contributed by atoms with E-state index in [0.717, 1.165) is 28.5 Å². The Hall–Kier alpha value is -0.810. The summed E-state index contributed by atoms with van der Waals surface area (Å²) in [5, 5.41) is 0.00998. The minimum absolute atomic E-state index is 0.00998. The lowest BCUT2D eigenvalue weighted by Crippen LogP contribution is -2.26. The fourth-order valence-electron chi connectivity index (χ4n) is 1.80. The van der Waals surface area contributed by atoms with Crippen LogP contribution in [-0.2, 0) is 16.1 Å². The Balaban J connectivity index is 1.87. The molecule has 0 bridgehead atoms. The highest BCUT2D eigenvalue weighted by Gasteiger charge is 2.23. The number of hydrogen-bond donors (Lipinski definition) is 0. The second-order valence-corrected chi connectivity index (χ2v) is 7.07. The van der Waals surface area contributed by atoms with E-state index in [1.165, 1.54) is 0 Å². The van der Waals surface area contributed by atoms with E-state index in [2.05, 4.69) is 6.07 Å². The SMILES string of the molecule is CN(C)c1cccc(COC(=O)[C@H]2CSCCS2)c1. The van der Waals surface area contributed by atoms with Crippen molar-refractivity contribution in [1.29, 1.82) is 0 Å². The first-order valence-corrected chi connectivity index (χ1v) is 8.49. The van der Waals surface area contributed by atoms with Crippen molar-refractivity contribution in [2.45, 2.75) is 11.9 Å². The number of esters is 1. The monoisotopic (exact) mass is 297 g/mol. The van der Waals surface area contributed by atoms with E-state index in [1.807, 2.05) is 49.0 Å². The average Bonchev–Trinajstić information content (AvgIpc) is 2.46. The van der Waals surface area contributed by atoms with Crippen LogP contribution in [0.15, 0.2) is 24.3 Å². The van der Waals surface area contributed by atoms with E-state index in [0.29, 0.717) is 6.61 Å². The second-order valence-electron chi connectivity index (χ2n) is 4.61. The van der Waals surface area contributed by atoms with Gasteiger partial charge in [0, 0.05) is 37.0 Å². The summed E-state index contributed by atoms with van der Waals surface area (Å²) in [6.45, 7) is 0.363. The molecular formula is C14H19NO2S2. The fraction of sp³-hybridized carbons (Fsp3) is 0.500. The van der Waals surface area contributed by atoms with Crippen molar-refractivity contribution in [3.63, 3.8) is 0 Å². The Kier molecular flexibility index (Phi) is 5.45. The maximum absolute atomic E-state index is 11.9. The number of anilines is 1. The van der Waals surface area contributed by atoms with Crippen LogP contribution in [0.2, 0.25) is 0 Å². The van der Waals surface area contributed by atoms with E-state index in [4.69, 9.17) is 4.74 Å². The van der Waals surface area contributed by atoms with Gasteiger partial charge < -0.3 is 9.64 Å². The summed E-state index contributed by atoms with van der Waals surface area (Å²) in [5.74, 6) is 2.98. The van der Waals surface area contributed by atoms with Gasteiger partial charge in [-0.25, -0.2) is 0 Å². The molecule has 1 aromatic carbocycles. The number of thioether (sulfide) groups is 2. The molecule has 0 saturated carbocycles. The molecule has 0 N–H and O–H groups in total. The lowest BCUT2D eigenvalue weighted by molar-refractivity contribution is -0.143. The van der Waals surface area contributed by atoms with Crippen LogP contribution in [0.5, 0.6) is 0 Å². The summed E-state index contributed by atoms with van der Waals surface area (Å²) in [5.41, 5.74) is 2.16. The molecule has 0 unspecified atom stereocenters. The number of hydrogen-bond acceptors (Lipinski definition) is 5. The molecule has 19 heavy (non-hydrogen) atoms. The third-order valence-corrected chi connectivity index (χ3v) is 5.62. The first kappa shape index (κ1) is 14.6. The third kappa shape index (κ3) is 4.35. The minimum Gasteiger partial charge on any atom is -0.460 e. The molecule has 0 aromatic heterocycles. The first-order chi connectivity index (χ1) is 9.16. The largest absolute Gasteiger partial charge is 0.460 e. The zero-order chi connectivity index (χ0) is 13.7. The maximum Gasteiger partial charge on any atom is 0.320 e. The Morgan fingerprint density at radius 2 is 2.26 bits per heavy atom. The lowest BCUT2D eigenvalue weighted by atomic mass is 10.2. The summed E-state index contributed by atoms with van der Waals surface area (Å²) in [6, 6.07) is 8.07. The van der Waals surface area contributed by atoms with Crippen molar-refractivity contribution in [3.05, 3.63) is 29.8 Å². The number of nitrogens with zero attached hydrogens (tertiary/aromatic N) is 1. The van der Waals surface area contributed by atoms with E-state index >= 15 is 0 Å². The normalized spacial score (nSPS) is 18.9. The summed E-state index contributed by atoms with van der Waals surface area (Å²) < 4.78 is 5.41. The number of ether oxygens (including phenoxy) is 1. The molecule has 1 aliphatic rings. The molecule has 0 radical (unpaired) electrons. The highest BCUT2D eigenvalue weighted by atomic mass is 32.2. The van der Waals surface area contributed by atoms with E-state index in [-0.39, 0.29) is 11.2 Å². The molecule has 1 fully saturated rings. The molecular weight excluding hydrogens is 278 g/mol. The molecule has 3 nitrogen and oxygen atoms in total. The second kappa shape index (κ2) is 7.10. The molecule has 1 aromatic rings. The Labute approximate surface area is 123 Å². The lowest BCUT2D eigenvalue weighted by Gasteiger charge is -2.19. The van der Waals surface area contributed by atoms with Crippen LogP contribution in [-0.4, -0.2) is 42.6 Å². The Morgan fingerprint density at radius 1 is 1.42 bits per heavy atom. The van der Waals surface area contributed by atoms with Crippen molar-refractivity contribution in [2.24, 2.45) is 0 Å². The molecule has 1 heterocycles.